The number of nitrogens with two attached hydrogens (primary N) is 1. The molecule has 0 bridgehead atoms. The van der Waals surface area contributed by atoms with Crippen LogP contribution in [-0.4, -0.2) is 44.5 Å². The number of hydrogen-bond donors (Lipinski definition) is 1. The molecule has 2 aliphatic carbocycles. The minimum Gasteiger partial charge on any atom is -0.389 e. The Morgan fingerprint density at radius 2 is 2.08 bits per heavy atom. The van der Waals surface area contributed by atoms with E-state index in [1.54, 1.807) is 11.3 Å². The fourth-order valence-electron chi connectivity index (χ4n) is 7.30. The van der Waals surface area contributed by atoms with E-state index in [1.165, 1.54) is 17.7 Å². The second-order valence-corrected chi connectivity index (χ2v) is 12.1. The zero-order valence-electron chi connectivity index (χ0n) is 21.3. The van der Waals surface area contributed by atoms with Gasteiger partial charge in [0, 0.05) is 21.9 Å². The van der Waals surface area contributed by atoms with Crippen LogP contribution in [0.3, 0.4) is 0 Å². The van der Waals surface area contributed by atoms with E-state index in [0.29, 0.717) is 16.6 Å². The number of anilines is 1. The Morgan fingerprint density at radius 1 is 1.24 bits per heavy atom. The standard InChI is InChI=1S/C28H31N7OS/c1-16(21-7-5-13-34(21)2)35-27-17(15-31-35)9-10-20(32-27)24-18-6-3-11-28(25(18)36-33-24)12-4-8-22-23(28)19(14-29)26(30)37-22/h9-10,15-16,21H,3-8,11-13,30H2,1-2H3/t16-,21-,28-/m0/s1. The van der Waals surface area contributed by atoms with Gasteiger partial charge in [-0.3, -0.25) is 0 Å². The molecule has 7 rings (SSSR count). The number of aromatic nitrogens is 4. The third-order valence-electron chi connectivity index (χ3n) is 9.06. The van der Waals surface area contributed by atoms with E-state index in [4.69, 9.17) is 20.3 Å². The number of pyridine rings is 1. The highest BCUT2D eigenvalue weighted by Crippen LogP contribution is 2.55. The van der Waals surface area contributed by atoms with Crippen LogP contribution in [0.2, 0.25) is 0 Å². The van der Waals surface area contributed by atoms with E-state index >= 15 is 0 Å². The van der Waals surface area contributed by atoms with Crippen molar-refractivity contribution < 1.29 is 4.52 Å². The average Bonchev–Trinajstić information content (AvgIpc) is 3.68. The number of nitrogens with zero attached hydrogens (tertiary/aromatic N) is 6. The Balaban J connectivity index is 1.33. The number of likely N-dealkylation sites (tertiary alicyclic amines) is 1. The zero-order chi connectivity index (χ0) is 25.3. The van der Waals surface area contributed by atoms with Crippen LogP contribution in [-0.2, 0) is 18.3 Å². The van der Waals surface area contributed by atoms with E-state index in [-0.39, 0.29) is 11.5 Å². The monoisotopic (exact) mass is 513 g/mol. The van der Waals surface area contributed by atoms with Crippen LogP contribution < -0.4 is 5.73 Å². The summed E-state index contributed by atoms with van der Waals surface area (Å²) >= 11 is 1.57. The molecule has 3 atom stereocenters. The Labute approximate surface area is 220 Å². The highest BCUT2D eigenvalue weighted by Gasteiger charge is 2.48. The number of rotatable bonds is 3. The molecule has 1 spiro atoms. The van der Waals surface area contributed by atoms with Crippen LogP contribution in [0.4, 0.5) is 5.00 Å². The molecule has 1 saturated heterocycles. The van der Waals surface area contributed by atoms with Crippen molar-refractivity contribution in [3.05, 3.63) is 45.7 Å². The van der Waals surface area contributed by atoms with Gasteiger partial charge in [0.1, 0.15) is 16.8 Å². The molecule has 3 aliphatic rings. The molecule has 0 unspecified atom stereocenters. The minimum absolute atomic E-state index is 0.233. The van der Waals surface area contributed by atoms with Gasteiger partial charge >= 0.3 is 0 Å². The lowest BCUT2D eigenvalue weighted by molar-refractivity contribution is 0.232. The molecule has 8 nitrogen and oxygen atoms in total. The lowest BCUT2D eigenvalue weighted by Gasteiger charge is -2.39. The van der Waals surface area contributed by atoms with Gasteiger partial charge in [-0.1, -0.05) is 5.16 Å². The van der Waals surface area contributed by atoms with Gasteiger partial charge in [-0.05, 0) is 89.6 Å². The Bertz CT molecular complexity index is 1550. The number of nitrogen functional groups attached to an aromatic ring is 1. The van der Waals surface area contributed by atoms with Crippen molar-refractivity contribution >= 4 is 27.4 Å². The van der Waals surface area contributed by atoms with Crippen molar-refractivity contribution in [2.24, 2.45) is 0 Å². The first-order valence-corrected chi connectivity index (χ1v) is 14.2. The van der Waals surface area contributed by atoms with Crippen molar-refractivity contribution in [2.45, 2.75) is 75.8 Å². The molecule has 5 heterocycles. The average molecular weight is 514 g/mol. The van der Waals surface area contributed by atoms with Crippen LogP contribution in [0.25, 0.3) is 22.4 Å². The highest BCUT2D eigenvalue weighted by molar-refractivity contribution is 7.16. The van der Waals surface area contributed by atoms with Crippen molar-refractivity contribution in [3.63, 3.8) is 0 Å². The van der Waals surface area contributed by atoms with Gasteiger partial charge in [-0.25, -0.2) is 9.67 Å². The third kappa shape index (κ3) is 3.25. The molecular formula is C28H31N7OS. The molecule has 0 radical (unpaired) electrons. The number of hydrogen-bond acceptors (Lipinski definition) is 8. The Morgan fingerprint density at radius 3 is 2.86 bits per heavy atom. The van der Waals surface area contributed by atoms with Crippen molar-refractivity contribution in [3.8, 4) is 17.5 Å². The number of thiophene rings is 1. The van der Waals surface area contributed by atoms with E-state index < -0.39 is 0 Å². The van der Waals surface area contributed by atoms with Crippen molar-refractivity contribution in [1.29, 1.82) is 5.26 Å². The summed E-state index contributed by atoms with van der Waals surface area (Å²) in [6.07, 6.45) is 10.2. The number of nitriles is 1. The van der Waals surface area contributed by atoms with Gasteiger partial charge in [0.05, 0.1) is 28.9 Å². The SMILES string of the molecule is C[C@@H]([C@@H]1CCCN1C)n1ncc2ccc(-c3noc4c3CCC[C@@]43CCCc4sc(N)c(C#N)c43)nc21. The molecular weight excluding hydrogens is 482 g/mol. The first-order chi connectivity index (χ1) is 18.0. The molecule has 2 N–H and O–H groups in total. The van der Waals surface area contributed by atoms with Gasteiger partial charge < -0.3 is 15.2 Å². The van der Waals surface area contributed by atoms with Crippen molar-refractivity contribution in [2.75, 3.05) is 19.3 Å². The molecule has 9 heteroatoms. The highest BCUT2D eigenvalue weighted by atomic mass is 32.1. The molecule has 190 valence electrons. The third-order valence-corrected chi connectivity index (χ3v) is 10.1. The molecule has 0 saturated carbocycles. The first kappa shape index (κ1) is 22.9. The molecule has 0 aromatic carbocycles. The lowest BCUT2D eigenvalue weighted by Crippen LogP contribution is -2.35. The lowest BCUT2D eigenvalue weighted by atomic mass is 9.63. The number of aryl methyl sites for hydroxylation is 1. The summed E-state index contributed by atoms with van der Waals surface area (Å²) in [6.45, 7) is 3.37. The number of fused-ring (bicyclic) bond motifs is 5. The molecule has 4 aromatic heterocycles. The number of likely N-dealkylation sites (N-methyl/N-ethyl adjacent to an activating group) is 1. The van der Waals surface area contributed by atoms with Crippen molar-refractivity contribution in [1.82, 2.24) is 24.8 Å². The summed E-state index contributed by atoms with van der Waals surface area (Å²) in [4.78, 5) is 8.78. The fraction of sp³-hybridized carbons (Fsp3) is 0.500. The van der Waals surface area contributed by atoms with Crippen LogP contribution in [0.5, 0.6) is 0 Å². The van der Waals surface area contributed by atoms with E-state index in [2.05, 4.69) is 40.8 Å². The first-order valence-electron chi connectivity index (χ1n) is 13.4. The Hall–Kier alpha value is -3.22. The maximum absolute atomic E-state index is 9.96. The second kappa shape index (κ2) is 8.40. The largest absolute Gasteiger partial charge is 0.389 e. The van der Waals surface area contributed by atoms with Gasteiger partial charge in [0.15, 0.2) is 11.4 Å². The normalized spacial score (nSPS) is 24.3. The molecule has 37 heavy (non-hydrogen) atoms. The summed E-state index contributed by atoms with van der Waals surface area (Å²) in [7, 11) is 2.20. The smallest absolute Gasteiger partial charge is 0.158 e. The minimum atomic E-state index is -0.320. The van der Waals surface area contributed by atoms with Gasteiger partial charge in [0.25, 0.3) is 0 Å². The fourth-order valence-corrected chi connectivity index (χ4v) is 8.46. The van der Waals surface area contributed by atoms with E-state index in [0.717, 1.165) is 84.4 Å². The van der Waals surface area contributed by atoms with Gasteiger partial charge in [-0.15, -0.1) is 11.3 Å². The van der Waals surface area contributed by atoms with Gasteiger partial charge in [0.2, 0.25) is 0 Å². The predicted molar refractivity (Wildman–Crippen MR) is 143 cm³/mol. The molecule has 1 fully saturated rings. The molecule has 0 amide bonds. The summed E-state index contributed by atoms with van der Waals surface area (Å²) in [5.74, 6) is 0.917. The van der Waals surface area contributed by atoms with Crippen LogP contribution in [0.15, 0.2) is 22.9 Å². The van der Waals surface area contributed by atoms with Gasteiger partial charge in [-0.2, -0.15) is 10.4 Å². The van der Waals surface area contributed by atoms with Crippen LogP contribution >= 0.6 is 11.3 Å². The Kier molecular flexibility index (Phi) is 5.21. The quantitative estimate of drug-likeness (QED) is 0.400. The van der Waals surface area contributed by atoms with E-state index in [9.17, 15) is 5.26 Å². The predicted octanol–water partition coefficient (Wildman–Crippen LogP) is 5.22. The summed E-state index contributed by atoms with van der Waals surface area (Å²) in [5, 5.41) is 21.0. The maximum atomic E-state index is 9.96. The molecule has 4 aromatic rings. The van der Waals surface area contributed by atoms with Crippen LogP contribution in [0, 0.1) is 11.3 Å². The summed E-state index contributed by atoms with van der Waals surface area (Å²) in [5.41, 5.74) is 11.4. The van der Waals surface area contributed by atoms with E-state index in [1.807, 2.05) is 12.3 Å². The maximum Gasteiger partial charge on any atom is 0.158 e. The topological polar surface area (TPSA) is 110 Å². The summed E-state index contributed by atoms with van der Waals surface area (Å²) in [6, 6.07) is 7.23. The molecule has 1 aliphatic heterocycles. The zero-order valence-corrected chi connectivity index (χ0v) is 22.1. The van der Waals surface area contributed by atoms with Crippen LogP contribution in [0.1, 0.15) is 78.8 Å². The summed E-state index contributed by atoms with van der Waals surface area (Å²) < 4.78 is 8.29. The second-order valence-electron chi connectivity index (χ2n) is 11.0.